The molecule has 0 radical (unpaired) electrons. The van der Waals surface area contributed by atoms with Crippen LogP contribution in [0.5, 0.6) is 0 Å². The van der Waals surface area contributed by atoms with Gasteiger partial charge in [-0.1, -0.05) is 17.3 Å². The number of esters is 1. The second-order valence-electron chi connectivity index (χ2n) is 5.51. The fraction of sp³-hybridized carbons (Fsp3) is 0.188. The van der Waals surface area contributed by atoms with Gasteiger partial charge in [-0.25, -0.2) is 4.79 Å². The molecular weight excluding hydrogens is 342 g/mol. The minimum atomic E-state index is -0.512. The quantitative estimate of drug-likeness (QED) is 0.521. The molecule has 0 unspecified atom stereocenters. The maximum Gasteiger partial charge on any atom is 0.350 e. The molecule has 0 N–H and O–H groups in total. The van der Waals surface area contributed by atoms with Gasteiger partial charge < -0.3 is 4.74 Å². The largest absolute Gasteiger partial charge is 0.438 e. The van der Waals surface area contributed by atoms with Gasteiger partial charge >= 0.3 is 5.97 Å². The van der Waals surface area contributed by atoms with Gasteiger partial charge in [0.05, 0.1) is 11.1 Å². The first-order valence-electron chi connectivity index (χ1n) is 7.47. The van der Waals surface area contributed by atoms with Crippen LogP contribution in [0.3, 0.4) is 0 Å². The Labute approximate surface area is 145 Å². The molecule has 1 aromatic carbocycles. The molecule has 3 heterocycles. The van der Waals surface area contributed by atoms with Crippen molar-refractivity contribution in [2.45, 2.75) is 13.7 Å². The van der Waals surface area contributed by atoms with E-state index in [1.165, 1.54) is 11.3 Å². The van der Waals surface area contributed by atoms with E-state index in [4.69, 9.17) is 4.74 Å². The molecule has 0 spiro atoms. The van der Waals surface area contributed by atoms with Crippen LogP contribution >= 0.6 is 11.3 Å². The molecule has 126 valence electrons. The first-order valence-corrected chi connectivity index (χ1v) is 8.29. The van der Waals surface area contributed by atoms with E-state index in [0.29, 0.717) is 15.8 Å². The zero-order chi connectivity index (χ0) is 17.6. The zero-order valence-corrected chi connectivity index (χ0v) is 14.3. The maximum absolute atomic E-state index is 12.3. The maximum atomic E-state index is 12.3. The van der Waals surface area contributed by atoms with E-state index < -0.39 is 5.97 Å². The monoisotopic (exact) mass is 355 g/mol. The van der Waals surface area contributed by atoms with Crippen LogP contribution in [0.25, 0.3) is 21.1 Å². The number of aromatic nitrogens is 5. The predicted molar refractivity (Wildman–Crippen MR) is 92.5 cm³/mol. The van der Waals surface area contributed by atoms with Gasteiger partial charge in [0.2, 0.25) is 0 Å². The molecule has 0 aliphatic heterocycles. The van der Waals surface area contributed by atoms with Crippen molar-refractivity contribution in [3.8, 4) is 0 Å². The van der Waals surface area contributed by atoms with Crippen LogP contribution < -0.4 is 5.56 Å². The predicted octanol–water partition coefficient (Wildman–Crippen LogP) is 1.86. The van der Waals surface area contributed by atoms with E-state index in [1.54, 1.807) is 35.0 Å². The van der Waals surface area contributed by atoms with E-state index in [0.717, 1.165) is 20.6 Å². The zero-order valence-electron chi connectivity index (χ0n) is 13.5. The van der Waals surface area contributed by atoms with E-state index >= 15 is 0 Å². The van der Waals surface area contributed by atoms with Crippen molar-refractivity contribution in [3.05, 3.63) is 51.3 Å². The van der Waals surface area contributed by atoms with E-state index in [-0.39, 0.29) is 12.3 Å². The third kappa shape index (κ3) is 2.58. The Morgan fingerprint density at radius 2 is 2.08 bits per heavy atom. The Bertz CT molecular complexity index is 1140. The average Bonchev–Trinajstić information content (AvgIpc) is 3.16. The lowest BCUT2D eigenvalue weighted by Crippen LogP contribution is -2.26. The van der Waals surface area contributed by atoms with Crippen molar-refractivity contribution in [3.63, 3.8) is 0 Å². The summed E-state index contributed by atoms with van der Waals surface area (Å²) in [6.45, 7) is 1.59. The minimum absolute atomic E-state index is 0.291. The van der Waals surface area contributed by atoms with Crippen molar-refractivity contribution in [2.75, 3.05) is 0 Å². The molecule has 0 fully saturated rings. The highest BCUT2D eigenvalue weighted by molar-refractivity contribution is 7.20. The number of rotatable bonds is 3. The number of aryl methyl sites for hydroxylation is 2. The number of fused-ring (bicyclic) bond motifs is 2. The first kappa shape index (κ1) is 15.5. The molecule has 0 bridgehead atoms. The fourth-order valence-electron chi connectivity index (χ4n) is 2.60. The lowest BCUT2D eigenvalue weighted by molar-refractivity contribution is 0.0342. The van der Waals surface area contributed by atoms with Crippen molar-refractivity contribution < 1.29 is 9.53 Å². The fourth-order valence-corrected chi connectivity index (χ4v) is 3.62. The van der Waals surface area contributed by atoms with Gasteiger partial charge in [-0.15, -0.1) is 16.4 Å². The third-order valence-corrected chi connectivity index (χ3v) is 5.03. The Morgan fingerprint density at radius 3 is 2.88 bits per heavy atom. The van der Waals surface area contributed by atoms with Crippen LogP contribution in [0.1, 0.15) is 15.4 Å². The van der Waals surface area contributed by atoms with Crippen molar-refractivity contribution in [2.24, 2.45) is 7.05 Å². The molecule has 4 aromatic rings. The van der Waals surface area contributed by atoms with Crippen LogP contribution in [0, 0.1) is 6.92 Å². The summed E-state index contributed by atoms with van der Waals surface area (Å²) in [4.78, 5) is 26.0. The van der Waals surface area contributed by atoms with Crippen LogP contribution in [0.2, 0.25) is 0 Å². The lowest BCUT2D eigenvalue weighted by atomic mass is 10.2. The highest BCUT2D eigenvalue weighted by atomic mass is 32.1. The van der Waals surface area contributed by atoms with Gasteiger partial charge in [0.1, 0.15) is 15.2 Å². The molecular formula is C16H13N5O3S. The van der Waals surface area contributed by atoms with Crippen molar-refractivity contribution in [1.29, 1.82) is 0 Å². The van der Waals surface area contributed by atoms with Gasteiger partial charge in [0.25, 0.3) is 5.56 Å². The number of hydrogen-bond donors (Lipinski definition) is 0. The molecule has 0 amide bonds. The second-order valence-corrected chi connectivity index (χ2v) is 6.54. The average molecular weight is 355 g/mol. The van der Waals surface area contributed by atoms with Gasteiger partial charge in [0.15, 0.2) is 6.73 Å². The number of thiophene rings is 1. The summed E-state index contributed by atoms with van der Waals surface area (Å²) in [6.07, 6.45) is 0. The van der Waals surface area contributed by atoms with Gasteiger partial charge in [-0.3, -0.25) is 9.48 Å². The SMILES string of the molecule is Cc1nn(C)c2sc(C(=O)OCn3nnc4ccccc4c3=O)cc12. The smallest absolute Gasteiger partial charge is 0.350 e. The molecule has 0 aliphatic carbocycles. The molecule has 0 saturated carbocycles. The molecule has 0 atom stereocenters. The number of carbonyl (C=O) groups is 1. The molecule has 3 aromatic heterocycles. The van der Waals surface area contributed by atoms with E-state index in [1.807, 2.05) is 14.0 Å². The molecule has 8 nitrogen and oxygen atoms in total. The molecule has 9 heteroatoms. The number of ether oxygens (including phenoxy) is 1. The third-order valence-electron chi connectivity index (χ3n) is 3.84. The highest BCUT2D eigenvalue weighted by Gasteiger charge is 2.17. The number of hydrogen-bond acceptors (Lipinski definition) is 7. The normalized spacial score (nSPS) is 11.3. The molecule has 4 rings (SSSR count). The van der Waals surface area contributed by atoms with Crippen LogP contribution in [0.4, 0.5) is 0 Å². The van der Waals surface area contributed by atoms with Gasteiger partial charge in [-0.05, 0) is 25.1 Å². The molecule has 25 heavy (non-hydrogen) atoms. The summed E-state index contributed by atoms with van der Waals surface area (Å²) < 4.78 is 7.98. The van der Waals surface area contributed by atoms with Gasteiger partial charge in [-0.2, -0.15) is 9.78 Å². The topological polar surface area (TPSA) is 91.9 Å². The van der Waals surface area contributed by atoms with Crippen LogP contribution in [-0.2, 0) is 18.5 Å². The summed E-state index contributed by atoms with van der Waals surface area (Å²) in [6, 6.07) is 8.63. The highest BCUT2D eigenvalue weighted by Crippen LogP contribution is 2.28. The number of benzene rings is 1. The summed E-state index contributed by atoms with van der Waals surface area (Å²) in [5.41, 5.74) is 1.00. The van der Waals surface area contributed by atoms with Crippen molar-refractivity contribution in [1.82, 2.24) is 24.8 Å². The second kappa shape index (κ2) is 5.78. The molecule has 0 aliphatic rings. The van der Waals surface area contributed by atoms with E-state index in [9.17, 15) is 9.59 Å². The standard InChI is InChI=1S/C16H13N5O3S/c1-9-11-7-13(25-15(11)20(2)18-9)16(23)24-8-21-14(22)10-5-3-4-6-12(10)17-19-21/h3-7H,8H2,1-2H3. The van der Waals surface area contributed by atoms with Crippen LogP contribution in [-0.4, -0.2) is 30.7 Å². The van der Waals surface area contributed by atoms with Gasteiger partial charge in [0, 0.05) is 12.4 Å². The minimum Gasteiger partial charge on any atom is -0.438 e. The number of carbonyl (C=O) groups excluding carboxylic acids is 1. The number of nitrogens with zero attached hydrogens (tertiary/aromatic N) is 5. The summed E-state index contributed by atoms with van der Waals surface area (Å²) in [5.74, 6) is -0.512. The summed E-state index contributed by atoms with van der Waals surface area (Å²) in [7, 11) is 1.82. The Kier molecular flexibility index (Phi) is 3.57. The molecule has 0 saturated heterocycles. The Morgan fingerprint density at radius 1 is 1.28 bits per heavy atom. The Hall–Kier alpha value is -3.07. The first-order chi connectivity index (χ1) is 12.0. The summed E-state index contributed by atoms with van der Waals surface area (Å²) in [5, 5.41) is 13.4. The Balaban J connectivity index is 1.58. The van der Waals surface area contributed by atoms with E-state index in [2.05, 4.69) is 15.4 Å². The summed E-state index contributed by atoms with van der Waals surface area (Å²) >= 11 is 1.30. The van der Waals surface area contributed by atoms with Crippen molar-refractivity contribution >= 4 is 38.4 Å². The lowest BCUT2D eigenvalue weighted by Gasteiger charge is -2.05. The van der Waals surface area contributed by atoms with Crippen LogP contribution in [0.15, 0.2) is 35.1 Å².